The molecule has 1 heterocycles. The molecule has 0 atom stereocenters. The molecular formula is C22H22BrN3O3. The number of esters is 1. The Balaban J connectivity index is 2.24. The van der Waals surface area contributed by atoms with Gasteiger partial charge in [0.15, 0.2) is 11.5 Å². The Morgan fingerprint density at radius 1 is 1.21 bits per heavy atom. The summed E-state index contributed by atoms with van der Waals surface area (Å²) in [6, 6.07) is 15.5. The minimum atomic E-state index is -0.567. The molecule has 1 aliphatic rings. The Morgan fingerprint density at radius 3 is 2.55 bits per heavy atom. The van der Waals surface area contributed by atoms with E-state index in [9.17, 15) is 4.79 Å². The highest BCUT2D eigenvalue weighted by Crippen LogP contribution is 2.43. The number of halogens is 1. The summed E-state index contributed by atoms with van der Waals surface area (Å²) in [6.07, 6.45) is 1.87. The van der Waals surface area contributed by atoms with Crippen LogP contribution in [0.15, 0.2) is 69.9 Å². The molecule has 0 aliphatic carbocycles. The topological polar surface area (TPSA) is 77.2 Å². The van der Waals surface area contributed by atoms with Gasteiger partial charge in [-0.05, 0) is 25.5 Å². The van der Waals surface area contributed by atoms with Crippen LogP contribution in [0.2, 0.25) is 0 Å². The highest BCUT2D eigenvalue weighted by Gasteiger charge is 2.36. The molecular weight excluding hydrogens is 434 g/mol. The second-order valence-electron chi connectivity index (χ2n) is 6.33. The normalized spacial score (nSPS) is 15.4. The smallest absolute Gasteiger partial charge is 0.360 e. The summed E-state index contributed by atoms with van der Waals surface area (Å²) >= 11 is 3.61. The molecule has 0 radical (unpaired) electrons. The third-order valence-electron chi connectivity index (χ3n) is 4.31. The second-order valence-corrected chi connectivity index (χ2v) is 7.19. The highest BCUT2D eigenvalue weighted by molar-refractivity contribution is 9.10. The molecule has 150 valence electrons. The maximum Gasteiger partial charge on any atom is 0.360 e. The minimum absolute atomic E-state index is 0.173. The van der Waals surface area contributed by atoms with Gasteiger partial charge in [0.05, 0.1) is 12.8 Å². The molecule has 7 heteroatoms. The lowest BCUT2D eigenvalue weighted by Gasteiger charge is -2.32. The van der Waals surface area contributed by atoms with Crippen molar-refractivity contribution in [3.63, 3.8) is 0 Å². The largest absolute Gasteiger partial charge is 0.486 e. The van der Waals surface area contributed by atoms with E-state index in [0.717, 1.165) is 21.2 Å². The monoisotopic (exact) mass is 455 g/mol. The van der Waals surface area contributed by atoms with Gasteiger partial charge in [-0.2, -0.15) is 5.10 Å². The highest BCUT2D eigenvalue weighted by atomic mass is 79.9. The quantitative estimate of drug-likeness (QED) is 0.408. The van der Waals surface area contributed by atoms with Crippen molar-refractivity contribution in [1.82, 2.24) is 5.01 Å². The minimum Gasteiger partial charge on any atom is -0.486 e. The zero-order valence-corrected chi connectivity index (χ0v) is 18.1. The third-order valence-corrected chi connectivity index (χ3v) is 4.97. The Hall–Kier alpha value is -3.06. The summed E-state index contributed by atoms with van der Waals surface area (Å²) in [5.74, 6) is 0.110. The Morgan fingerprint density at radius 2 is 1.93 bits per heavy atom. The number of nitrogens with two attached hydrogens (primary N) is 1. The van der Waals surface area contributed by atoms with E-state index in [0.29, 0.717) is 17.3 Å². The average molecular weight is 456 g/mol. The van der Waals surface area contributed by atoms with E-state index in [2.05, 4.69) is 21.0 Å². The summed E-state index contributed by atoms with van der Waals surface area (Å²) in [7, 11) is 1.33. The predicted octanol–water partition coefficient (Wildman–Crippen LogP) is 4.48. The van der Waals surface area contributed by atoms with Crippen LogP contribution in [-0.4, -0.2) is 23.9 Å². The van der Waals surface area contributed by atoms with Gasteiger partial charge in [-0.25, -0.2) is 9.80 Å². The fourth-order valence-electron chi connectivity index (χ4n) is 3.10. The zero-order chi connectivity index (χ0) is 21.0. The summed E-state index contributed by atoms with van der Waals surface area (Å²) in [6.45, 7) is 3.81. The molecule has 0 saturated carbocycles. The molecule has 0 spiro atoms. The van der Waals surface area contributed by atoms with Crippen molar-refractivity contribution in [3.8, 4) is 0 Å². The van der Waals surface area contributed by atoms with Gasteiger partial charge in [0.25, 0.3) is 0 Å². The van der Waals surface area contributed by atoms with Crippen molar-refractivity contribution in [2.75, 3.05) is 7.11 Å². The number of rotatable bonds is 5. The van der Waals surface area contributed by atoms with Gasteiger partial charge in [-0.1, -0.05) is 64.5 Å². The molecule has 0 saturated heterocycles. The first-order valence-electron chi connectivity index (χ1n) is 9.03. The maximum atomic E-state index is 12.8. The maximum absolute atomic E-state index is 12.8. The van der Waals surface area contributed by atoms with E-state index in [1.165, 1.54) is 12.1 Å². The number of ether oxygens (including phenoxy) is 2. The van der Waals surface area contributed by atoms with E-state index >= 15 is 0 Å². The number of hydrogen-bond donors (Lipinski definition) is 1. The van der Waals surface area contributed by atoms with Crippen LogP contribution in [0, 0.1) is 0 Å². The van der Waals surface area contributed by atoms with Crippen LogP contribution >= 0.6 is 15.9 Å². The van der Waals surface area contributed by atoms with Crippen LogP contribution in [0.1, 0.15) is 30.5 Å². The van der Waals surface area contributed by atoms with Crippen molar-refractivity contribution in [2.45, 2.75) is 20.5 Å². The number of carbonyl (C=O) groups is 1. The van der Waals surface area contributed by atoms with Crippen molar-refractivity contribution in [1.29, 1.82) is 0 Å². The van der Waals surface area contributed by atoms with Crippen molar-refractivity contribution in [3.05, 3.63) is 81.5 Å². The summed E-state index contributed by atoms with van der Waals surface area (Å²) in [5.41, 5.74) is 9.34. The number of nitrogens with zero attached hydrogens (tertiary/aromatic N) is 2. The van der Waals surface area contributed by atoms with E-state index in [-0.39, 0.29) is 12.3 Å². The molecule has 2 aromatic carbocycles. The van der Waals surface area contributed by atoms with E-state index in [1.807, 2.05) is 61.5 Å². The fraction of sp³-hybridized carbons (Fsp3) is 0.182. The van der Waals surface area contributed by atoms with Gasteiger partial charge in [0.2, 0.25) is 0 Å². The van der Waals surface area contributed by atoms with Crippen molar-refractivity contribution < 1.29 is 14.3 Å². The lowest BCUT2D eigenvalue weighted by Crippen LogP contribution is -2.31. The number of hydrazone groups is 1. The van der Waals surface area contributed by atoms with Gasteiger partial charge in [-0.15, -0.1) is 0 Å². The third kappa shape index (κ3) is 4.19. The van der Waals surface area contributed by atoms with Crippen LogP contribution in [0.5, 0.6) is 0 Å². The zero-order valence-electron chi connectivity index (χ0n) is 16.5. The molecule has 0 fully saturated rings. The number of benzene rings is 2. The molecule has 3 rings (SSSR count). The number of methoxy groups -OCH3 is 1. The Kier molecular flexibility index (Phi) is 6.39. The standard InChI is InChI=1S/C22H22BrN3O3/c1-4-18-19-16(11-8-12-17(19)23)21(29-13-15-9-6-5-7-10-15)20(22(27)28-3)26(18)25-14(2)24/h4-12H,13H2,1-3H3,(H2,24,25)/b18-4+. The fourth-order valence-corrected chi connectivity index (χ4v) is 3.67. The van der Waals surface area contributed by atoms with E-state index in [1.54, 1.807) is 6.92 Å². The second kappa shape index (κ2) is 8.96. The average Bonchev–Trinajstić information content (AvgIpc) is 2.72. The molecule has 29 heavy (non-hydrogen) atoms. The van der Waals surface area contributed by atoms with Crippen molar-refractivity contribution >= 4 is 39.2 Å². The molecule has 1 aliphatic heterocycles. The van der Waals surface area contributed by atoms with Crippen LogP contribution in [0.25, 0.3) is 11.5 Å². The first kappa shape index (κ1) is 20.7. The summed E-state index contributed by atoms with van der Waals surface area (Å²) < 4.78 is 12.1. The molecule has 6 nitrogen and oxygen atoms in total. The van der Waals surface area contributed by atoms with Crippen LogP contribution in [0.3, 0.4) is 0 Å². The first-order valence-corrected chi connectivity index (χ1v) is 9.83. The van der Waals surface area contributed by atoms with Gasteiger partial charge in [0.1, 0.15) is 12.4 Å². The lowest BCUT2D eigenvalue weighted by atomic mass is 9.96. The Labute approximate surface area is 178 Å². The van der Waals surface area contributed by atoms with Gasteiger partial charge in [-0.3, -0.25) is 0 Å². The Bertz CT molecular complexity index is 1010. The van der Waals surface area contributed by atoms with Crippen LogP contribution in [-0.2, 0) is 20.9 Å². The van der Waals surface area contributed by atoms with Crippen LogP contribution < -0.4 is 5.73 Å². The lowest BCUT2D eigenvalue weighted by molar-refractivity contribution is -0.137. The van der Waals surface area contributed by atoms with Gasteiger partial charge >= 0.3 is 5.97 Å². The first-order chi connectivity index (χ1) is 14.0. The van der Waals surface area contributed by atoms with Gasteiger partial charge in [0, 0.05) is 15.6 Å². The predicted molar refractivity (Wildman–Crippen MR) is 117 cm³/mol. The summed E-state index contributed by atoms with van der Waals surface area (Å²) in [4.78, 5) is 12.8. The molecule has 0 unspecified atom stereocenters. The van der Waals surface area contributed by atoms with Crippen molar-refractivity contribution in [2.24, 2.45) is 10.8 Å². The number of hydrogen-bond acceptors (Lipinski definition) is 5. The van der Waals surface area contributed by atoms with Gasteiger partial charge < -0.3 is 15.2 Å². The number of carbonyl (C=O) groups excluding carboxylic acids is 1. The molecule has 0 aromatic heterocycles. The number of allylic oxidation sites excluding steroid dienone is 1. The van der Waals surface area contributed by atoms with E-state index in [4.69, 9.17) is 15.2 Å². The van der Waals surface area contributed by atoms with Crippen LogP contribution in [0.4, 0.5) is 0 Å². The SMILES string of the molecule is C/C=C1\c2c(Br)cccc2C(OCc2ccccc2)=C(C(=O)OC)N1/N=C(\C)N. The number of fused-ring (bicyclic) bond motifs is 1. The summed E-state index contributed by atoms with van der Waals surface area (Å²) in [5, 5.41) is 5.87. The van der Waals surface area contributed by atoms with E-state index < -0.39 is 5.97 Å². The molecule has 2 N–H and O–H groups in total. The number of amidine groups is 1. The molecule has 0 amide bonds. The molecule has 0 bridgehead atoms. The molecule has 2 aromatic rings.